The van der Waals surface area contributed by atoms with Crippen molar-refractivity contribution in [2.75, 3.05) is 5.32 Å². The van der Waals surface area contributed by atoms with Crippen LogP contribution in [0.25, 0.3) is 0 Å². The smallest absolute Gasteiger partial charge is 0.191 e. The number of rotatable bonds is 3. The molecule has 0 unspecified atom stereocenters. The van der Waals surface area contributed by atoms with Crippen molar-refractivity contribution in [3.63, 3.8) is 0 Å². The van der Waals surface area contributed by atoms with Gasteiger partial charge in [-0.05, 0) is 37.3 Å². The molecule has 0 saturated heterocycles. The van der Waals surface area contributed by atoms with E-state index in [0.717, 1.165) is 11.3 Å². The van der Waals surface area contributed by atoms with E-state index >= 15 is 0 Å². The highest BCUT2D eigenvalue weighted by atomic mass is 35.5. The van der Waals surface area contributed by atoms with Crippen LogP contribution in [0.3, 0.4) is 0 Å². The van der Waals surface area contributed by atoms with Crippen LogP contribution in [-0.2, 0) is 7.05 Å². The number of hydrazone groups is 1. The quantitative estimate of drug-likeness (QED) is 0.510. The summed E-state index contributed by atoms with van der Waals surface area (Å²) in [6, 6.07) is 5.10. The second kappa shape index (κ2) is 6.89. The minimum atomic E-state index is 0.331. The van der Waals surface area contributed by atoms with Gasteiger partial charge >= 0.3 is 0 Å². The average molecular weight is 342 g/mol. The number of thiocarbonyl (C=S) groups is 1. The molecule has 0 spiro atoms. The topological polar surface area (TPSA) is 54.2 Å². The molecule has 2 rings (SSSR count). The molecule has 0 aliphatic rings. The molecule has 0 atom stereocenters. The summed E-state index contributed by atoms with van der Waals surface area (Å²) in [5, 5.41) is 12.6. The Kier molecular flexibility index (Phi) is 5.17. The van der Waals surface area contributed by atoms with E-state index < -0.39 is 0 Å². The Bertz CT molecular complexity index is 696. The molecule has 0 bridgehead atoms. The summed E-state index contributed by atoms with van der Waals surface area (Å²) in [4.78, 5) is 0. The maximum absolute atomic E-state index is 6.04. The van der Waals surface area contributed by atoms with E-state index in [1.165, 1.54) is 0 Å². The van der Waals surface area contributed by atoms with Gasteiger partial charge in [0.25, 0.3) is 0 Å². The monoisotopic (exact) mass is 341 g/mol. The number of benzene rings is 1. The van der Waals surface area contributed by atoms with Gasteiger partial charge in [0.15, 0.2) is 5.11 Å². The molecule has 1 aromatic heterocycles. The van der Waals surface area contributed by atoms with Gasteiger partial charge in [-0.15, -0.1) is 0 Å². The van der Waals surface area contributed by atoms with Crippen molar-refractivity contribution < 1.29 is 0 Å². The van der Waals surface area contributed by atoms with Crippen molar-refractivity contribution in [3.8, 4) is 0 Å². The zero-order valence-electron chi connectivity index (χ0n) is 11.4. The molecule has 1 heterocycles. The largest absolute Gasteiger partial charge is 0.330 e. The SMILES string of the molecule is Cc1nn(C)cc1/C=N\NC(=S)Nc1ccc(Cl)cc1Cl. The first-order valence-corrected chi connectivity index (χ1v) is 7.17. The molecule has 21 heavy (non-hydrogen) atoms. The fourth-order valence-electron chi connectivity index (χ4n) is 1.65. The van der Waals surface area contributed by atoms with E-state index in [1.54, 1.807) is 29.1 Å². The van der Waals surface area contributed by atoms with Crippen molar-refractivity contribution >= 4 is 52.4 Å². The Balaban J connectivity index is 1.94. The molecule has 1 aromatic carbocycles. The van der Waals surface area contributed by atoms with Crippen LogP contribution in [-0.4, -0.2) is 21.1 Å². The van der Waals surface area contributed by atoms with Gasteiger partial charge in [0.1, 0.15) is 0 Å². The lowest BCUT2D eigenvalue weighted by atomic mass is 10.3. The number of aromatic nitrogens is 2. The number of nitrogens with one attached hydrogen (secondary N) is 2. The highest BCUT2D eigenvalue weighted by Crippen LogP contribution is 2.25. The van der Waals surface area contributed by atoms with Crippen molar-refractivity contribution in [2.24, 2.45) is 12.1 Å². The van der Waals surface area contributed by atoms with Crippen LogP contribution < -0.4 is 10.7 Å². The van der Waals surface area contributed by atoms with Crippen LogP contribution >= 0.6 is 35.4 Å². The van der Waals surface area contributed by atoms with Crippen LogP contribution in [0.15, 0.2) is 29.5 Å². The molecule has 0 aliphatic heterocycles. The molecule has 5 nitrogen and oxygen atoms in total. The first kappa shape index (κ1) is 15.8. The Labute approximate surface area is 137 Å². The maximum Gasteiger partial charge on any atom is 0.191 e. The fraction of sp³-hybridized carbons (Fsp3) is 0.154. The van der Waals surface area contributed by atoms with E-state index in [-0.39, 0.29) is 0 Å². The molecule has 0 fully saturated rings. The molecule has 0 saturated carbocycles. The lowest BCUT2D eigenvalue weighted by Crippen LogP contribution is -2.24. The minimum Gasteiger partial charge on any atom is -0.330 e. The summed E-state index contributed by atoms with van der Waals surface area (Å²) >= 11 is 17.0. The molecule has 0 amide bonds. The van der Waals surface area contributed by atoms with Gasteiger partial charge in [0.05, 0.1) is 22.6 Å². The third kappa shape index (κ3) is 4.42. The van der Waals surface area contributed by atoms with Crippen molar-refractivity contribution in [2.45, 2.75) is 6.92 Å². The van der Waals surface area contributed by atoms with Crippen LogP contribution in [0.5, 0.6) is 0 Å². The summed E-state index contributed by atoms with van der Waals surface area (Å²) in [5.41, 5.74) is 5.18. The number of aryl methyl sites for hydroxylation is 2. The predicted molar refractivity (Wildman–Crippen MR) is 91.4 cm³/mol. The van der Waals surface area contributed by atoms with Gasteiger partial charge in [-0.3, -0.25) is 10.1 Å². The van der Waals surface area contributed by atoms with Gasteiger partial charge in [0.2, 0.25) is 0 Å². The number of hydrogen-bond donors (Lipinski definition) is 2. The van der Waals surface area contributed by atoms with Gasteiger partial charge in [-0.1, -0.05) is 23.2 Å². The van der Waals surface area contributed by atoms with Gasteiger partial charge < -0.3 is 5.32 Å². The van der Waals surface area contributed by atoms with Crippen molar-refractivity contribution in [1.82, 2.24) is 15.2 Å². The molecule has 0 aliphatic carbocycles. The summed E-state index contributed by atoms with van der Waals surface area (Å²) in [6.45, 7) is 1.91. The minimum absolute atomic E-state index is 0.331. The van der Waals surface area contributed by atoms with E-state index in [0.29, 0.717) is 20.8 Å². The van der Waals surface area contributed by atoms with Gasteiger partial charge in [0, 0.05) is 23.8 Å². The second-order valence-electron chi connectivity index (χ2n) is 4.29. The Morgan fingerprint density at radius 3 is 2.81 bits per heavy atom. The molecular formula is C13H13Cl2N5S. The lowest BCUT2D eigenvalue weighted by Gasteiger charge is -2.08. The van der Waals surface area contributed by atoms with Gasteiger partial charge in [-0.2, -0.15) is 10.2 Å². The number of nitrogens with zero attached hydrogens (tertiary/aromatic N) is 3. The maximum atomic E-state index is 6.04. The zero-order chi connectivity index (χ0) is 15.4. The summed E-state index contributed by atoms with van der Waals surface area (Å²) < 4.78 is 1.72. The van der Waals surface area contributed by atoms with Crippen LogP contribution in [0.1, 0.15) is 11.3 Å². The lowest BCUT2D eigenvalue weighted by molar-refractivity contribution is 0.756. The fourth-order valence-corrected chi connectivity index (χ4v) is 2.26. The Morgan fingerprint density at radius 2 is 2.19 bits per heavy atom. The van der Waals surface area contributed by atoms with E-state index in [9.17, 15) is 0 Å². The predicted octanol–water partition coefficient (Wildman–Crippen LogP) is 3.36. The second-order valence-corrected chi connectivity index (χ2v) is 5.54. The van der Waals surface area contributed by atoms with Crippen molar-refractivity contribution in [3.05, 3.63) is 45.7 Å². The first-order valence-electron chi connectivity index (χ1n) is 6.01. The van der Waals surface area contributed by atoms with E-state index in [2.05, 4.69) is 20.9 Å². The summed E-state index contributed by atoms with van der Waals surface area (Å²) in [6.07, 6.45) is 3.52. The number of hydrogen-bond acceptors (Lipinski definition) is 3. The highest BCUT2D eigenvalue weighted by molar-refractivity contribution is 7.80. The summed E-state index contributed by atoms with van der Waals surface area (Å²) in [7, 11) is 1.85. The molecule has 2 N–H and O–H groups in total. The molecule has 110 valence electrons. The van der Waals surface area contributed by atoms with Crippen LogP contribution in [0.2, 0.25) is 10.0 Å². The van der Waals surface area contributed by atoms with Gasteiger partial charge in [-0.25, -0.2) is 0 Å². The van der Waals surface area contributed by atoms with Crippen molar-refractivity contribution in [1.29, 1.82) is 0 Å². The van der Waals surface area contributed by atoms with E-state index in [4.69, 9.17) is 35.4 Å². The zero-order valence-corrected chi connectivity index (χ0v) is 13.7. The normalized spacial score (nSPS) is 10.9. The Morgan fingerprint density at radius 1 is 1.43 bits per heavy atom. The Hall–Kier alpha value is -1.63. The standard InChI is InChI=1S/C13H13Cl2N5S/c1-8-9(7-20(2)19-8)6-16-18-13(21)17-12-4-3-10(14)5-11(12)15/h3-7H,1-2H3,(H2,17,18,21)/b16-6-. The van der Waals surface area contributed by atoms with Crippen LogP contribution in [0, 0.1) is 6.92 Å². The van der Waals surface area contributed by atoms with E-state index in [1.807, 2.05) is 20.2 Å². The molecule has 0 radical (unpaired) electrons. The average Bonchev–Trinajstić information content (AvgIpc) is 2.71. The molecular weight excluding hydrogens is 329 g/mol. The number of halogens is 2. The number of anilines is 1. The molecule has 8 heteroatoms. The highest BCUT2D eigenvalue weighted by Gasteiger charge is 2.03. The third-order valence-corrected chi connectivity index (χ3v) is 3.34. The first-order chi connectivity index (χ1) is 9.95. The van der Waals surface area contributed by atoms with Crippen LogP contribution in [0.4, 0.5) is 5.69 Å². The summed E-state index contributed by atoms with van der Waals surface area (Å²) in [5.74, 6) is 0. The molecule has 2 aromatic rings. The third-order valence-electron chi connectivity index (χ3n) is 2.60.